The third-order valence-electron chi connectivity index (χ3n) is 6.60. The van der Waals surface area contributed by atoms with Crippen molar-refractivity contribution in [2.75, 3.05) is 13.2 Å². The molecule has 1 aliphatic heterocycles. The molecule has 7 nitrogen and oxygen atoms in total. The van der Waals surface area contributed by atoms with Crippen molar-refractivity contribution in [2.45, 2.75) is 56.2 Å². The van der Waals surface area contributed by atoms with E-state index < -0.39 is 38.6 Å². The highest BCUT2D eigenvalue weighted by molar-refractivity contribution is 7.86. The standard InChI is InChI=1S/C16H22F2O7S/c1-9(16(17,18)26(20,21)22)25-13(19)14-6-10-4-11(7-14)15(12(5-10)8-14)23-2-3-24-15/h9-12H,2-8H2,1H3,(H,20,21,22). The molecule has 0 amide bonds. The molecule has 1 saturated heterocycles. The number of hydrogen-bond acceptors (Lipinski definition) is 6. The molecule has 0 aromatic carbocycles. The van der Waals surface area contributed by atoms with E-state index in [-0.39, 0.29) is 17.8 Å². The predicted octanol–water partition coefficient (Wildman–Crippen LogP) is 1.97. The highest BCUT2D eigenvalue weighted by atomic mass is 32.2. The Bertz CT molecular complexity index is 698. The van der Waals surface area contributed by atoms with Gasteiger partial charge in [-0.15, -0.1) is 0 Å². The Morgan fingerprint density at radius 1 is 1.19 bits per heavy atom. The number of halogens is 2. The van der Waals surface area contributed by atoms with Crippen LogP contribution in [0.3, 0.4) is 0 Å². The lowest BCUT2D eigenvalue weighted by atomic mass is 9.47. The molecule has 10 heteroatoms. The van der Waals surface area contributed by atoms with Crippen LogP contribution >= 0.6 is 0 Å². The lowest BCUT2D eigenvalue weighted by Crippen LogP contribution is -2.63. The fourth-order valence-electron chi connectivity index (χ4n) is 5.66. The smallest absolute Gasteiger partial charge is 0.405 e. The van der Waals surface area contributed by atoms with Gasteiger partial charge in [0.25, 0.3) is 0 Å². The Kier molecular flexibility index (Phi) is 3.98. The molecule has 0 aromatic heterocycles. The second kappa shape index (κ2) is 5.59. The molecule has 0 radical (unpaired) electrons. The summed E-state index contributed by atoms with van der Waals surface area (Å²) in [6, 6.07) is 0. The van der Waals surface area contributed by atoms with Crippen LogP contribution in [-0.4, -0.2) is 49.3 Å². The van der Waals surface area contributed by atoms with Crippen molar-refractivity contribution in [1.29, 1.82) is 0 Å². The maximum atomic E-state index is 13.7. The molecule has 5 rings (SSSR count). The largest absolute Gasteiger partial charge is 0.454 e. The molecule has 5 fully saturated rings. The second-order valence-corrected chi connectivity index (χ2v) is 9.62. The van der Waals surface area contributed by atoms with Crippen LogP contribution in [0.25, 0.3) is 0 Å². The third kappa shape index (κ3) is 2.45. The van der Waals surface area contributed by atoms with E-state index in [1.54, 1.807) is 0 Å². The summed E-state index contributed by atoms with van der Waals surface area (Å²) in [7, 11) is -5.67. The lowest BCUT2D eigenvalue weighted by Gasteiger charge is -2.61. The van der Waals surface area contributed by atoms with Gasteiger partial charge in [0.1, 0.15) is 0 Å². The zero-order valence-electron chi connectivity index (χ0n) is 14.3. The van der Waals surface area contributed by atoms with Crippen LogP contribution in [0.15, 0.2) is 0 Å². The maximum absolute atomic E-state index is 13.7. The number of carbonyl (C=O) groups is 1. The molecule has 3 unspecified atom stereocenters. The Morgan fingerprint density at radius 2 is 1.73 bits per heavy atom. The number of hydrogen-bond donors (Lipinski definition) is 1. The highest BCUT2D eigenvalue weighted by Crippen LogP contribution is 2.66. The zero-order chi connectivity index (χ0) is 19.0. The van der Waals surface area contributed by atoms with Crippen molar-refractivity contribution >= 4 is 16.1 Å². The van der Waals surface area contributed by atoms with Crippen molar-refractivity contribution in [3.8, 4) is 0 Å². The molecule has 26 heavy (non-hydrogen) atoms. The van der Waals surface area contributed by atoms with Crippen molar-refractivity contribution in [3.63, 3.8) is 0 Å². The Morgan fingerprint density at radius 3 is 2.23 bits per heavy atom. The van der Waals surface area contributed by atoms with Gasteiger partial charge in [0.05, 0.1) is 18.6 Å². The van der Waals surface area contributed by atoms with Gasteiger partial charge in [-0.3, -0.25) is 9.35 Å². The van der Waals surface area contributed by atoms with E-state index in [1.807, 2.05) is 0 Å². The summed E-state index contributed by atoms with van der Waals surface area (Å²) >= 11 is 0. The minimum atomic E-state index is -5.67. The molecular formula is C16H22F2O7S. The lowest BCUT2D eigenvalue weighted by molar-refractivity contribution is -0.302. The van der Waals surface area contributed by atoms with Crippen LogP contribution < -0.4 is 0 Å². The quantitative estimate of drug-likeness (QED) is 0.573. The zero-order valence-corrected chi connectivity index (χ0v) is 15.1. The molecule has 1 spiro atoms. The first-order valence-electron chi connectivity index (χ1n) is 8.84. The van der Waals surface area contributed by atoms with Crippen LogP contribution in [0.1, 0.15) is 39.0 Å². The first-order chi connectivity index (χ1) is 12.0. The second-order valence-electron chi connectivity index (χ2n) is 8.13. The van der Waals surface area contributed by atoms with Gasteiger partial charge in [-0.1, -0.05) is 0 Å². The molecule has 5 aliphatic rings. The van der Waals surface area contributed by atoms with Gasteiger partial charge in [0.2, 0.25) is 0 Å². The number of esters is 1. The Balaban J connectivity index is 1.54. The van der Waals surface area contributed by atoms with E-state index in [0.717, 1.165) is 19.8 Å². The number of rotatable bonds is 4. The van der Waals surface area contributed by atoms with E-state index in [2.05, 4.69) is 0 Å². The molecule has 4 bridgehead atoms. The van der Waals surface area contributed by atoms with Gasteiger partial charge < -0.3 is 14.2 Å². The van der Waals surface area contributed by atoms with Crippen LogP contribution in [0.4, 0.5) is 8.78 Å². The first kappa shape index (κ1) is 18.5. The third-order valence-corrected chi connectivity index (χ3v) is 7.62. The molecule has 4 aliphatic carbocycles. The summed E-state index contributed by atoms with van der Waals surface area (Å²) < 4.78 is 74.6. The average Bonchev–Trinajstić information content (AvgIpc) is 3.01. The summed E-state index contributed by atoms with van der Waals surface area (Å²) in [4.78, 5) is 12.8. The molecule has 0 aromatic rings. The van der Waals surface area contributed by atoms with E-state index in [4.69, 9.17) is 18.8 Å². The van der Waals surface area contributed by atoms with E-state index >= 15 is 0 Å². The van der Waals surface area contributed by atoms with Gasteiger partial charge >= 0.3 is 21.3 Å². The minimum Gasteiger partial charge on any atom is -0.454 e. The Hall–Kier alpha value is -0.840. The van der Waals surface area contributed by atoms with E-state index in [0.29, 0.717) is 32.5 Å². The van der Waals surface area contributed by atoms with Crippen molar-refractivity contribution in [1.82, 2.24) is 0 Å². The van der Waals surface area contributed by atoms with Gasteiger partial charge in [0, 0.05) is 11.8 Å². The van der Waals surface area contributed by atoms with Crippen molar-refractivity contribution in [3.05, 3.63) is 0 Å². The molecule has 4 saturated carbocycles. The van der Waals surface area contributed by atoms with Crippen LogP contribution in [0.2, 0.25) is 0 Å². The van der Waals surface area contributed by atoms with Gasteiger partial charge in [-0.05, 0) is 44.9 Å². The SMILES string of the molecule is CC(OC(=O)C12CC3CC(C1)C1(OCCO1)C(C3)C2)C(F)(F)S(=O)(=O)O. The molecule has 148 valence electrons. The summed E-state index contributed by atoms with van der Waals surface area (Å²) in [6.07, 6.45) is 0.834. The highest BCUT2D eigenvalue weighted by Gasteiger charge is 2.68. The summed E-state index contributed by atoms with van der Waals surface area (Å²) in [5.74, 6) is -1.22. The first-order valence-corrected chi connectivity index (χ1v) is 10.3. The normalized spacial score (nSPS) is 39.3. The maximum Gasteiger partial charge on any atom is 0.405 e. The molecular weight excluding hydrogens is 374 g/mol. The van der Waals surface area contributed by atoms with Crippen LogP contribution in [0.5, 0.6) is 0 Å². The minimum absolute atomic E-state index is 0.00110. The predicted molar refractivity (Wildman–Crippen MR) is 82.7 cm³/mol. The average molecular weight is 396 g/mol. The van der Waals surface area contributed by atoms with Crippen LogP contribution in [-0.2, 0) is 29.1 Å². The topological polar surface area (TPSA) is 99.1 Å². The summed E-state index contributed by atoms with van der Waals surface area (Å²) in [5, 5.41) is -4.55. The molecule has 3 atom stereocenters. The monoisotopic (exact) mass is 396 g/mol. The van der Waals surface area contributed by atoms with Gasteiger partial charge in [-0.2, -0.15) is 17.2 Å². The van der Waals surface area contributed by atoms with Gasteiger partial charge in [0.15, 0.2) is 11.9 Å². The number of carbonyl (C=O) groups excluding carboxylic acids is 1. The number of alkyl halides is 2. The number of ether oxygens (including phenoxy) is 3. The summed E-state index contributed by atoms with van der Waals surface area (Å²) in [5.41, 5.74) is -0.916. The van der Waals surface area contributed by atoms with Gasteiger partial charge in [-0.25, -0.2) is 0 Å². The molecule has 1 N–H and O–H groups in total. The van der Waals surface area contributed by atoms with Crippen molar-refractivity contribution < 1.29 is 40.8 Å². The van der Waals surface area contributed by atoms with Crippen LogP contribution in [0, 0.1) is 23.2 Å². The fraction of sp³-hybridized carbons (Fsp3) is 0.938. The van der Waals surface area contributed by atoms with Crippen molar-refractivity contribution in [2.24, 2.45) is 23.2 Å². The van der Waals surface area contributed by atoms with E-state index in [9.17, 15) is 22.0 Å². The molecule has 1 heterocycles. The Labute approximate surface area is 150 Å². The summed E-state index contributed by atoms with van der Waals surface area (Å²) in [6.45, 7) is 1.79. The van der Waals surface area contributed by atoms with E-state index in [1.165, 1.54) is 0 Å². The fourth-order valence-corrected chi connectivity index (χ4v) is 6.12.